The molecule has 1 saturated heterocycles. The number of halogens is 1. The van der Waals surface area contributed by atoms with Gasteiger partial charge in [0.05, 0.1) is 26.0 Å². The number of ether oxygens (including phenoxy) is 1. The van der Waals surface area contributed by atoms with Gasteiger partial charge in [0, 0.05) is 36.3 Å². The smallest absolute Gasteiger partial charge is 0.238 e. The highest BCUT2D eigenvalue weighted by molar-refractivity contribution is 9.10. The maximum absolute atomic E-state index is 12.3. The van der Waals surface area contributed by atoms with E-state index in [4.69, 9.17) is 4.74 Å². The van der Waals surface area contributed by atoms with Crippen molar-refractivity contribution < 1.29 is 9.53 Å². The number of benzene rings is 1. The lowest BCUT2D eigenvalue weighted by Gasteiger charge is -2.34. The summed E-state index contributed by atoms with van der Waals surface area (Å²) in [4.78, 5) is 25.2. The Morgan fingerprint density at radius 2 is 2.04 bits per heavy atom. The van der Waals surface area contributed by atoms with Crippen LogP contribution in [0.1, 0.15) is 5.56 Å². The van der Waals surface area contributed by atoms with Crippen LogP contribution in [0.15, 0.2) is 35.1 Å². The fourth-order valence-electron chi connectivity index (χ4n) is 2.85. The Bertz CT molecular complexity index is 778. The summed E-state index contributed by atoms with van der Waals surface area (Å²) >= 11 is 3.47. The number of methoxy groups -OCH3 is 1. The molecule has 1 fully saturated rings. The molecule has 0 bridgehead atoms. The number of aromatic nitrogens is 2. The number of carbonyl (C=O) groups is 1. The molecule has 0 atom stereocenters. The van der Waals surface area contributed by atoms with Crippen molar-refractivity contribution in [3.05, 3.63) is 40.6 Å². The maximum Gasteiger partial charge on any atom is 0.238 e. The number of nitrogens with one attached hydrogen (secondary N) is 1. The van der Waals surface area contributed by atoms with Gasteiger partial charge in [-0.05, 0) is 30.7 Å². The number of carbonyl (C=O) groups excluding carboxylic acids is 1. The number of hydrogen-bond donors (Lipinski definition) is 1. The molecule has 0 saturated carbocycles. The lowest BCUT2D eigenvalue weighted by Crippen LogP contribution is -2.49. The number of amides is 1. The summed E-state index contributed by atoms with van der Waals surface area (Å²) in [6.07, 6.45) is 3.33. The minimum Gasteiger partial charge on any atom is -0.480 e. The van der Waals surface area contributed by atoms with Crippen molar-refractivity contribution in [1.29, 1.82) is 0 Å². The lowest BCUT2D eigenvalue weighted by atomic mass is 10.2. The summed E-state index contributed by atoms with van der Waals surface area (Å²) < 4.78 is 6.16. The molecule has 0 aliphatic carbocycles. The Morgan fingerprint density at radius 1 is 1.27 bits per heavy atom. The Hall–Kier alpha value is -2.19. The number of anilines is 2. The van der Waals surface area contributed by atoms with E-state index >= 15 is 0 Å². The predicted octanol–water partition coefficient (Wildman–Crippen LogP) is 2.32. The minimum absolute atomic E-state index is 0.00124. The zero-order valence-corrected chi connectivity index (χ0v) is 16.5. The van der Waals surface area contributed by atoms with E-state index in [9.17, 15) is 4.79 Å². The zero-order valence-electron chi connectivity index (χ0n) is 14.9. The molecule has 3 rings (SSSR count). The molecule has 2 heterocycles. The topological polar surface area (TPSA) is 70.6 Å². The van der Waals surface area contributed by atoms with Crippen molar-refractivity contribution >= 4 is 33.3 Å². The highest BCUT2D eigenvalue weighted by Crippen LogP contribution is 2.20. The molecule has 0 spiro atoms. The van der Waals surface area contributed by atoms with Gasteiger partial charge in [-0.2, -0.15) is 4.98 Å². The number of rotatable bonds is 5. The molecule has 1 aromatic carbocycles. The third-order valence-corrected chi connectivity index (χ3v) is 5.20. The van der Waals surface area contributed by atoms with Gasteiger partial charge in [-0.15, -0.1) is 0 Å². The summed E-state index contributed by atoms with van der Waals surface area (Å²) in [7, 11) is 1.58. The van der Waals surface area contributed by atoms with E-state index in [1.54, 1.807) is 19.5 Å². The molecule has 1 aromatic heterocycles. The second-order valence-electron chi connectivity index (χ2n) is 6.19. The molecule has 7 nitrogen and oxygen atoms in total. The average Bonchev–Trinajstić information content (AvgIpc) is 2.65. The van der Waals surface area contributed by atoms with E-state index in [0.29, 0.717) is 12.4 Å². The predicted molar refractivity (Wildman–Crippen MR) is 105 cm³/mol. The Balaban J connectivity index is 1.50. The highest BCUT2D eigenvalue weighted by atomic mass is 79.9. The van der Waals surface area contributed by atoms with Crippen molar-refractivity contribution in [1.82, 2.24) is 14.9 Å². The van der Waals surface area contributed by atoms with Crippen molar-refractivity contribution in [3.8, 4) is 5.88 Å². The van der Waals surface area contributed by atoms with Gasteiger partial charge in [-0.3, -0.25) is 14.7 Å². The summed E-state index contributed by atoms with van der Waals surface area (Å²) in [5.74, 6) is 1.31. The second kappa shape index (κ2) is 8.46. The molecular weight excluding hydrogens is 398 g/mol. The number of aryl methyl sites for hydroxylation is 1. The Morgan fingerprint density at radius 3 is 2.73 bits per heavy atom. The van der Waals surface area contributed by atoms with Crippen LogP contribution in [-0.2, 0) is 4.79 Å². The minimum atomic E-state index is 0.00124. The quantitative estimate of drug-likeness (QED) is 0.801. The SMILES string of the molecule is COc1cncc(N2CCN(CC(=O)Nc3ccc(Br)c(C)c3)CC2)n1. The van der Waals surface area contributed by atoms with Crippen molar-refractivity contribution in [2.75, 3.05) is 50.1 Å². The normalized spacial score (nSPS) is 15.0. The van der Waals surface area contributed by atoms with Gasteiger partial charge < -0.3 is 15.0 Å². The third kappa shape index (κ3) is 4.70. The summed E-state index contributed by atoms with van der Waals surface area (Å²) in [5, 5.41) is 2.96. The van der Waals surface area contributed by atoms with Crippen LogP contribution in [0.4, 0.5) is 11.5 Å². The van der Waals surface area contributed by atoms with Crippen LogP contribution in [0, 0.1) is 6.92 Å². The van der Waals surface area contributed by atoms with Crippen molar-refractivity contribution in [2.24, 2.45) is 0 Å². The average molecular weight is 420 g/mol. The van der Waals surface area contributed by atoms with E-state index < -0.39 is 0 Å². The van der Waals surface area contributed by atoms with Gasteiger partial charge in [0.1, 0.15) is 0 Å². The van der Waals surface area contributed by atoms with Crippen LogP contribution in [0.5, 0.6) is 5.88 Å². The van der Waals surface area contributed by atoms with E-state index in [1.807, 2.05) is 25.1 Å². The maximum atomic E-state index is 12.3. The number of piperazine rings is 1. The summed E-state index contributed by atoms with van der Waals surface area (Å²) in [5.41, 5.74) is 1.91. The monoisotopic (exact) mass is 419 g/mol. The molecule has 1 amide bonds. The van der Waals surface area contributed by atoms with Crippen LogP contribution in [0.3, 0.4) is 0 Å². The van der Waals surface area contributed by atoms with Crippen LogP contribution in [-0.4, -0.2) is 60.6 Å². The van der Waals surface area contributed by atoms with Crippen LogP contribution in [0.2, 0.25) is 0 Å². The largest absolute Gasteiger partial charge is 0.480 e. The molecule has 0 radical (unpaired) electrons. The first-order valence-corrected chi connectivity index (χ1v) is 9.24. The first kappa shape index (κ1) is 18.6. The highest BCUT2D eigenvalue weighted by Gasteiger charge is 2.20. The molecule has 1 aliphatic rings. The second-order valence-corrected chi connectivity index (χ2v) is 7.05. The number of hydrogen-bond acceptors (Lipinski definition) is 6. The molecular formula is C18H22BrN5O2. The Labute approximate surface area is 161 Å². The van der Waals surface area contributed by atoms with Gasteiger partial charge in [0.25, 0.3) is 0 Å². The van der Waals surface area contributed by atoms with E-state index in [2.05, 4.69) is 41.0 Å². The van der Waals surface area contributed by atoms with Crippen molar-refractivity contribution in [3.63, 3.8) is 0 Å². The van der Waals surface area contributed by atoms with Gasteiger partial charge in [0.2, 0.25) is 11.8 Å². The van der Waals surface area contributed by atoms with Gasteiger partial charge >= 0.3 is 0 Å². The molecule has 138 valence electrons. The third-order valence-electron chi connectivity index (χ3n) is 4.31. The molecule has 1 aliphatic heterocycles. The summed E-state index contributed by atoms with van der Waals surface area (Å²) in [6, 6.07) is 5.80. The van der Waals surface area contributed by atoms with Crippen molar-refractivity contribution in [2.45, 2.75) is 6.92 Å². The number of nitrogens with zero attached hydrogens (tertiary/aromatic N) is 4. The van der Waals surface area contributed by atoms with E-state index in [0.717, 1.165) is 47.7 Å². The van der Waals surface area contributed by atoms with Crippen LogP contribution < -0.4 is 15.0 Å². The standard InChI is InChI=1S/C18H22BrN5O2/c1-13-9-14(3-4-15(13)19)21-17(25)12-23-5-7-24(8-6-23)16-10-20-11-18(22-16)26-2/h3-4,9-11H,5-8,12H2,1-2H3,(H,21,25). The molecule has 0 unspecified atom stereocenters. The fraction of sp³-hybridized carbons (Fsp3) is 0.389. The van der Waals surface area contributed by atoms with Crippen LogP contribution in [0.25, 0.3) is 0 Å². The Kier molecular flexibility index (Phi) is 6.05. The van der Waals surface area contributed by atoms with E-state index in [1.165, 1.54) is 0 Å². The van der Waals surface area contributed by atoms with Gasteiger partial charge in [-0.1, -0.05) is 15.9 Å². The first-order chi connectivity index (χ1) is 12.5. The van der Waals surface area contributed by atoms with Crippen LogP contribution >= 0.6 is 15.9 Å². The van der Waals surface area contributed by atoms with E-state index in [-0.39, 0.29) is 5.91 Å². The fourth-order valence-corrected chi connectivity index (χ4v) is 3.10. The van der Waals surface area contributed by atoms with Gasteiger partial charge in [-0.25, -0.2) is 0 Å². The molecule has 2 aromatic rings. The molecule has 26 heavy (non-hydrogen) atoms. The zero-order chi connectivity index (χ0) is 18.5. The molecule has 1 N–H and O–H groups in total. The van der Waals surface area contributed by atoms with Gasteiger partial charge in [0.15, 0.2) is 5.82 Å². The summed E-state index contributed by atoms with van der Waals surface area (Å²) in [6.45, 7) is 5.57. The molecule has 8 heteroatoms. The lowest BCUT2D eigenvalue weighted by molar-refractivity contribution is -0.117. The first-order valence-electron chi connectivity index (χ1n) is 8.44.